The highest BCUT2D eigenvalue weighted by Crippen LogP contribution is 2.21. The number of hydrogen-bond acceptors (Lipinski definition) is 3. The molecule has 0 radical (unpaired) electrons. The van der Waals surface area contributed by atoms with Crippen molar-refractivity contribution in [2.24, 2.45) is 0 Å². The van der Waals surface area contributed by atoms with E-state index in [2.05, 4.69) is 10.6 Å². The summed E-state index contributed by atoms with van der Waals surface area (Å²) in [6.07, 6.45) is -0.290. The minimum absolute atomic E-state index is 0.00256. The predicted octanol–water partition coefficient (Wildman–Crippen LogP) is 2.27. The van der Waals surface area contributed by atoms with Gasteiger partial charge < -0.3 is 15.7 Å². The summed E-state index contributed by atoms with van der Waals surface area (Å²) in [7, 11) is 0. The molecule has 0 aliphatic rings. The standard InChI is InChI=1S/C15H23ClN2O2/c1-15(2,3)18-14(20)8-9-17-10-13(19)11-6-4-5-7-12(11)16/h4-7,13,17,19H,8-10H2,1-3H3,(H,18,20). The van der Waals surface area contributed by atoms with E-state index in [4.69, 9.17) is 11.6 Å². The summed E-state index contributed by atoms with van der Waals surface area (Å²) in [5.41, 5.74) is 0.481. The molecule has 4 nitrogen and oxygen atoms in total. The van der Waals surface area contributed by atoms with Crippen molar-refractivity contribution in [2.75, 3.05) is 13.1 Å². The molecule has 1 atom stereocenters. The fourth-order valence-electron chi connectivity index (χ4n) is 1.78. The van der Waals surface area contributed by atoms with Gasteiger partial charge in [-0.05, 0) is 26.8 Å². The molecule has 0 aliphatic heterocycles. The van der Waals surface area contributed by atoms with Crippen LogP contribution in [-0.4, -0.2) is 29.6 Å². The van der Waals surface area contributed by atoms with E-state index in [0.29, 0.717) is 30.1 Å². The van der Waals surface area contributed by atoms with Crippen LogP contribution < -0.4 is 10.6 Å². The summed E-state index contributed by atoms with van der Waals surface area (Å²) in [6, 6.07) is 7.20. The van der Waals surface area contributed by atoms with E-state index >= 15 is 0 Å². The molecule has 0 saturated heterocycles. The van der Waals surface area contributed by atoms with E-state index in [1.54, 1.807) is 12.1 Å². The number of nitrogens with one attached hydrogen (secondary N) is 2. The monoisotopic (exact) mass is 298 g/mol. The Labute approximate surface area is 125 Å². The van der Waals surface area contributed by atoms with Gasteiger partial charge in [0.05, 0.1) is 6.10 Å². The van der Waals surface area contributed by atoms with Crippen LogP contribution in [0.3, 0.4) is 0 Å². The first-order chi connectivity index (χ1) is 9.29. The van der Waals surface area contributed by atoms with Crippen molar-refractivity contribution in [3.8, 4) is 0 Å². The van der Waals surface area contributed by atoms with Gasteiger partial charge in [0, 0.05) is 35.6 Å². The van der Waals surface area contributed by atoms with Crippen LogP contribution in [0.1, 0.15) is 38.9 Å². The summed E-state index contributed by atoms with van der Waals surface area (Å²) in [5.74, 6) is -0.00256. The van der Waals surface area contributed by atoms with Gasteiger partial charge in [-0.2, -0.15) is 0 Å². The molecule has 0 aliphatic carbocycles. The predicted molar refractivity (Wildman–Crippen MR) is 81.8 cm³/mol. The number of hydrogen-bond donors (Lipinski definition) is 3. The van der Waals surface area contributed by atoms with Crippen molar-refractivity contribution in [3.05, 3.63) is 34.9 Å². The molecule has 0 saturated carbocycles. The number of carbonyl (C=O) groups excluding carboxylic acids is 1. The molecule has 0 heterocycles. The number of aliphatic hydroxyl groups excluding tert-OH is 1. The number of carbonyl (C=O) groups is 1. The van der Waals surface area contributed by atoms with E-state index in [9.17, 15) is 9.90 Å². The summed E-state index contributed by atoms with van der Waals surface area (Å²) in [5, 5.41) is 16.5. The lowest BCUT2D eigenvalue weighted by Gasteiger charge is -2.20. The highest BCUT2D eigenvalue weighted by Gasteiger charge is 2.14. The lowest BCUT2D eigenvalue weighted by molar-refractivity contribution is -0.122. The van der Waals surface area contributed by atoms with Crippen molar-refractivity contribution in [1.82, 2.24) is 10.6 Å². The van der Waals surface area contributed by atoms with E-state index in [-0.39, 0.29) is 11.4 Å². The zero-order valence-corrected chi connectivity index (χ0v) is 13.0. The smallest absolute Gasteiger partial charge is 0.221 e. The Bertz CT molecular complexity index is 444. The molecule has 112 valence electrons. The van der Waals surface area contributed by atoms with Crippen molar-refractivity contribution in [3.63, 3.8) is 0 Å². The Hall–Kier alpha value is -1.10. The first kappa shape index (κ1) is 17.0. The maximum Gasteiger partial charge on any atom is 0.221 e. The molecule has 0 bridgehead atoms. The van der Waals surface area contributed by atoms with Gasteiger partial charge in [-0.1, -0.05) is 29.8 Å². The van der Waals surface area contributed by atoms with Crippen molar-refractivity contribution in [1.29, 1.82) is 0 Å². The number of aliphatic hydroxyl groups is 1. The number of amides is 1. The maximum atomic E-state index is 11.6. The van der Waals surface area contributed by atoms with E-state index in [0.717, 1.165) is 0 Å². The Morgan fingerprint density at radius 2 is 2.00 bits per heavy atom. The average Bonchev–Trinajstić information content (AvgIpc) is 2.33. The van der Waals surface area contributed by atoms with Crippen LogP contribution in [0.15, 0.2) is 24.3 Å². The molecule has 5 heteroatoms. The quantitative estimate of drug-likeness (QED) is 0.706. The molecule has 0 spiro atoms. The molecule has 3 N–H and O–H groups in total. The molecule has 0 aromatic heterocycles. The lowest BCUT2D eigenvalue weighted by atomic mass is 10.1. The van der Waals surface area contributed by atoms with Gasteiger partial charge in [-0.25, -0.2) is 0 Å². The van der Waals surface area contributed by atoms with Gasteiger partial charge in [0.1, 0.15) is 0 Å². The second-order valence-electron chi connectivity index (χ2n) is 5.79. The number of benzene rings is 1. The SMILES string of the molecule is CC(C)(C)NC(=O)CCNCC(O)c1ccccc1Cl. The zero-order chi connectivity index (χ0) is 15.2. The Morgan fingerprint density at radius 1 is 1.35 bits per heavy atom. The first-order valence-electron chi connectivity index (χ1n) is 6.74. The first-order valence-corrected chi connectivity index (χ1v) is 7.11. The van der Waals surface area contributed by atoms with Crippen LogP contribution in [0, 0.1) is 0 Å². The van der Waals surface area contributed by atoms with Gasteiger partial charge in [0.25, 0.3) is 0 Å². The summed E-state index contributed by atoms with van der Waals surface area (Å²) in [4.78, 5) is 11.6. The molecular weight excluding hydrogens is 276 g/mol. The molecule has 1 aromatic rings. The van der Waals surface area contributed by atoms with Gasteiger partial charge in [-0.3, -0.25) is 4.79 Å². The van der Waals surface area contributed by atoms with E-state index in [1.165, 1.54) is 0 Å². The third-order valence-electron chi connectivity index (χ3n) is 2.65. The third kappa shape index (κ3) is 6.37. The highest BCUT2D eigenvalue weighted by atomic mass is 35.5. The Kier molecular flexibility index (Phi) is 6.46. The minimum atomic E-state index is -0.672. The van der Waals surface area contributed by atoms with Crippen molar-refractivity contribution < 1.29 is 9.90 Å². The Morgan fingerprint density at radius 3 is 2.60 bits per heavy atom. The molecule has 1 amide bonds. The van der Waals surface area contributed by atoms with Crippen LogP contribution in [0.4, 0.5) is 0 Å². The van der Waals surface area contributed by atoms with Gasteiger partial charge in [0.2, 0.25) is 5.91 Å². The van der Waals surface area contributed by atoms with Crippen molar-refractivity contribution in [2.45, 2.75) is 38.8 Å². The molecule has 1 aromatic carbocycles. The topological polar surface area (TPSA) is 61.4 Å². The second kappa shape index (κ2) is 7.62. The Balaban J connectivity index is 2.28. The normalized spacial score (nSPS) is 13.1. The van der Waals surface area contributed by atoms with Crippen molar-refractivity contribution >= 4 is 17.5 Å². The maximum absolute atomic E-state index is 11.6. The molecule has 0 fully saturated rings. The third-order valence-corrected chi connectivity index (χ3v) is 2.99. The van der Waals surface area contributed by atoms with Crippen LogP contribution in [-0.2, 0) is 4.79 Å². The molecule has 1 unspecified atom stereocenters. The lowest BCUT2D eigenvalue weighted by Crippen LogP contribution is -2.41. The van der Waals surface area contributed by atoms with Gasteiger partial charge in [0.15, 0.2) is 0 Å². The largest absolute Gasteiger partial charge is 0.387 e. The number of rotatable bonds is 6. The fraction of sp³-hybridized carbons (Fsp3) is 0.533. The van der Waals surface area contributed by atoms with E-state index < -0.39 is 6.10 Å². The summed E-state index contributed by atoms with van der Waals surface area (Å²) < 4.78 is 0. The van der Waals surface area contributed by atoms with Crippen LogP contribution in [0.2, 0.25) is 5.02 Å². The van der Waals surface area contributed by atoms with Gasteiger partial charge >= 0.3 is 0 Å². The zero-order valence-electron chi connectivity index (χ0n) is 12.2. The molecule has 1 rings (SSSR count). The van der Waals surface area contributed by atoms with E-state index in [1.807, 2.05) is 32.9 Å². The second-order valence-corrected chi connectivity index (χ2v) is 6.20. The summed E-state index contributed by atoms with van der Waals surface area (Å²) in [6.45, 7) is 6.72. The van der Waals surface area contributed by atoms with Crippen LogP contribution in [0.5, 0.6) is 0 Å². The highest BCUT2D eigenvalue weighted by molar-refractivity contribution is 6.31. The fourth-order valence-corrected chi connectivity index (χ4v) is 2.04. The molecule has 20 heavy (non-hydrogen) atoms. The average molecular weight is 299 g/mol. The van der Waals surface area contributed by atoms with Crippen LogP contribution >= 0.6 is 11.6 Å². The molecular formula is C15H23ClN2O2. The summed E-state index contributed by atoms with van der Waals surface area (Å²) >= 11 is 6.00. The van der Waals surface area contributed by atoms with Crippen LogP contribution in [0.25, 0.3) is 0 Å². The number of halogens is 1. The van der Waals surface area contributed by atoms with Gasteiger partial charge in [-0.15, -0.1) is 0 Å². The minimum Gasteiger partial charge on any atom is -0.387 e.